The van der Waals surface area contributed by atoms with Gasteiger partial charge in [-0.1, -0.05) is 25.1 Å². The van der Waals surface area contributed by atoms with Crippen LogP contribution in [0.5, 0.6) is 11.6 Å². The molecular formula is C19H23N3O3. The number of hydrogen-bond acceptors (Lipinski definition) is 4. The Morgan fingerprint density at radius 1 is 1.40 bits per heavy atom. The number of pyridine rings is 1. The number of carbonyl (C=O) groups is 1. The average molecular weight is 341 g/mol. The largest absolute Gasteiger partial charge is 0.439 e. The normalized spacial score (nSPS) is 10.2. The lowest BCUT2D eigenvalue weighted by molar-refractivity contribution is 0.195. The van der Waals surface area contributed by atoms with Crippen molar-refractivity contribution in [3.8, 4) is 11.6 Å². The zero-order valence-electron chi connectivity index (χ0n) is 14.3. The smallest absolute Gasteiger partial charge is 0.322 e. The minimum Gasteiger partial charge on any atom is -0.439 e. The summed E-state index contributed by atoms with van der Waals surface area (Å²) in [5.41, 5.74) is 1.74. The van der Waals surface area contributed by atoms with Crippen molar-refractivity contribution >= 4 is 11.7 Å². The summed E-state index contributed by atoms with van der Waals surface area (Å²) in [6, 6.07) is 10.9. The molecule has 2 N–H and O–H groups in total. The molecule has 6 nitrogen and oxygen atoms in total. The molecule has 0 saturated heterocycles. The third-order valence-electron chi connectivity index (χ3n) is 3.52. The Kier molecular flexibility index (Phi) is 6.98. The lowest BCUT2D eigenvalue weighted by Crippen LogP contribution is -2.37. The van der Waals surface area contributed by atoms with Gasteiger partial charge in [0.15, 0.2) is 0 Å². The van der Waals surface area contributed by atoms with Gasteiger partial charge in [-0.2, -0.15) is 0 Å². The van der Waals surface area contributed by atoms with Crippen LogP contribution in [0.4, 0.5) is 10.5 Å². The van der Waals surface area contributed by atoms with Crippen molar-refractivity contribution in [2.45, 2.75) is 13.3 Å². The molecule has 0 atom stereocenters. The molecule has 0 aliphatic carbocycles. The van der Waals surface area contributed by atoms with Gasteiger partial charge in [0.25, 0.3) is 0 Å². The molecule has 2 amide bonds. The molecule has 0 spiro atoms. The number of carbonyl (C=O) groups excluding carboxylic acids is 1. The van der Waals surface area contributed by atoms with Crippen LogP contribution < -0.4 is 10.1 Å². The molecule has 0 bridgehead atoms. The molecule has 6 heteroatoms. The van der Waals surface area contributed by atoms with Crippen LogP contribution in [-0.2, 0) is 6.42 Å². The van der Waals surface area contributed by atoms with Crippen LogP contribution in [0.3, 0.4) is 0 Å². The Bertz CT molecular complexity index is 701. The zero-order valence-corrected chi connectivity index (χ0v) is 14.3. The number of nitrogens with zero attached hydrogens (tertiary/aromatic N) is 2. The fourth-order valence-corrected chi connectivity index (χ4v) is 2.22. The van der Waals surface area contributed by atoms with Crippen LogP contribution in [0.25, 0.3) is 0 Å². The fraction of sp³-hybridized carbons (Fsp3) is 0.263. The van der Waals surface area contributed by atoms with E-state index in [0.29, 0.717) is 18.1 Å². The molecule has 1 aromatic carbocycles. The maximum Gasteiger partial charge on any atom is 0.322 e. The molecule has 1 heterocycles. The molecule has 2 aromatic rings. The number of ether oxygens (including phenoxy) is 1. The molecule has 0 aliphatic rings. The zero-order chi connectivity index (χ0) is 18.1. The first kappa shape index (κ1) is 18.5. The van der Waals surface area contributed by atoms with E-state index in [2.05, 4.69) is 23.8 Å². The number of amides is 2. The van der Waals surface area contributed by atoms with Gasteiger partial charge in [0, 0.05) is 19.2 Å². The minimum atomic E-state index is -0.319. The van der Waals surface area contributed by atoms with Crippen molar-refractivity contribution in [1.82, 2.24) is 9.88 Å². The number of anilines is 1. The SMILES string of the molecule is C=CCN(CCO)C(=O)Nc1ccc(Oc2cccc(CC)c2)nc1. The van der Waals surface area contributed by atoms with Crippen molar-refractivity contribution in [1.29, 1.82) is 0 Å². The van der Waals surface area contributed by atoms with Crippen molar-refractivity contribution in [3.63, 3.8) is 0 Å². The van der Waals surface area contributed by atoms with Crippen molar-refractivity contribution < 1.29 is 14.6 Å². The van der Waals surface area contributed by atoms with E-state index in [-0.39, 0.29) is 19.2 Å². The molecule has 25 heavy (non-hydrogen) atoms. The molecule has 0 fully saturated rings. The van der Waals surface area contributed by atoms with Gasteiger partial charge in [0.1, 0.15) is 5.75 Å². The van der Waals surface area contributed by atoms with Crippen molar-refractivity contribution in [2.24, 2.45) is 0 Å². The fourth-order valence-electron chi connectivity index (χ4n) is 2.22. The molecule has 0 saturated carbocycles. The Morgan fingerprint density at radius 2 is 2.24 bits per heavy atom. The Morgan fingerprint density at radius 3 is 2.88 bits per heavy atom. The topological polar surface area (TPSA) is 74.7 Å². The standard InChI is InChI=1S/C19H23N3O3/c1-3-10-22(11-12-23)19(24)21-16-8-9-18(20-14-16)25-17-7-5-6-15(4-2)13-17/h3,5-9,13-14,23H,1,4,10-12H2,2H3,(H,21,24). The molecule has 0 unspecified atom stereocenters. The molecule has 1 aromatic heterocycles. The highest BCUT2D eigenvalue weighted by Crippen LogP contribution is 2.21. The molecule has 0 aliphatic heterocycles. The number of aliphatic hydroxyl groups excluding tert-OH is 1. The van der Waals surface area contributed by atoms with Gasteiger partial charge in [-0.05, 0) is 30.2 Å². The van der Waals surface area contributed by atoms with Crippen molar-refractivity contribution in [2.75, 3.05) is 25.0 Å². The number of benzene rings is 1. The number of hydrogen-bond donors (Lipinski definition) is 2. The van der Waals surface area contributed by atoms with Crippen LogP contribution in [-0.4, -0.2) is 40.7 Å². The van der Waals surface area contributed by atoms with Crippen LogP contribution >= 0.6 is 0 Å². The number of aryl methyl sites for hydroxylation is 1. The van der Waals surface area contributed by atoms with Crippen molar-refractivity contribution in [3.05, 3.63) is 60.8 Å². The summed E-state index contributed by atoms with van der Waals surface area (Å²) in [7, 11) is 0. The number of aromatic nitrogens is 1. The van der Waals surface area contributed by atoms with Gasteiger partial charge in [-0.3, -0.25) is 0 Å². The summed E-state index contributed by atoms with van der Waals surface area (Å²) in [6.45, 7) is 6.17. The second-order valence-corrected chi connectivity index (χ2v) is 5.38. The predicted octanol–water partition coefficient (Wildman–Crippen LogP) is 3.45. The van der Waals surface area contributed by atoms with Gasteiger partial charge >= 0.3 is 6.03 Å². The summed E-state index contributed by atoms with van der Waals surface area (Å²) < 4.78 is 5.72. The van der Waals surface area contributed by atoms with E-state index < -0.39 is 0 Å². The Labute approximate surface area is 147 Å². The first-order valence-corrected chi connectivity index (χ1v) is 8.16. The molecule has 2 rings (SSSR count). The van der Waals surface area contributed by atoms with Crippen LogP contribution in [0.2, 0.25) is 0 Å². The summed E-state index contributed by atoms with van der Waals surface area (Å²) in [4.78, 5) is 17.8. The van der Waals surface area contributed by atoms with E-state index in [9.17, 15) is 4.79 Å². The monoisotopic (exact) mass is 341 g/mol. The van der Waals surface area contributed by atoms with Crippen LogP contribution in [0, 0.1) is 0 Å². The van der Waals surface area contributed by atoms with E-state index in [1.165, 1.54) is 16.7 Å². The summed E-state index contributed by atoms with van der Waals surface area (Å²) >= 11 is 0. The minimum absolute atomic E-state index is 0.108. The molecule has 132 valence electrons. The maximum atomic E-state index is 12.1. The lowest BCUT2D eigenvalue weighted by Gasteiger charge is -2.20. The van der Waals surface area contributed by atoms with E-state index in [0.717, 1.165) is 12.2 Å². The van der Waals surface area contributed by atoms with Gasteiger partial charge in [0.2, 0.25) is 5.88 Å². The van der Waals surface area contributed by atoms with Gasteiger partial charge in [0.05, 0.1) is 18.5 Å². The van der Waals surface area contributed by atoms with Gasteiger partial charge in [-0.25, -0.2) is 9.78 Å². The van der Waals surface area contributed by atoms with Gasteiger partial charge < -0.3 is 20.1 Å². The number of urea groups is 1. The highest BCUT2D eigenvalue weighted by Gasteiger charge is 2.11. The summed E-state index contributed by atoms with van der Waals surface area (Å²) in [5, 5.41) is 11.7. The molecular weight excluding hydrogens is 318 g/mol. The highest BCUT2D eigenvalue weighted by molar-refractivity contribution is 5.89. The van der Waals surface area contributed by atoms with E-state index in [4.69, 9.17) is 9.84 Å². The Balaban J connectivity index is 1.99. The summed E-state index contributed by atoms with van der Waals surface area (Å²) in [6.07, 6.45) is 4.07. The van der Waals surface area contributed by atoms with Crippen LogP contribution in [0.15, 0.2) is 55.3 Å². The average Bonchev–Trinajstić information content (AvgIpc) is 2.63. The number of nitrogens with one attached hydrogen (secondary N) is 1. The lowest BCUT2D eigenvalue weighted by atomic mass is 10.2. The molecule has 0 radical (unpaired) electrons. The number of aliphatic hydroxyl groups is 1. The summed E-state index contributed by atoms with van der Waals surface area (Å²) in [5.74, 6) is 1.17. The second-order valence-electron chi connectivity index (χ2n) is 5.38. The third-order valence-corrected chi connectivity index (χ3v) is 3.52. The first-order valence-electron chi connectivity index (χ1n) is 8.16. The maximum absolute atomic E-state index is 12.1. The second kappa shape index (κ2) is 9.44. The van der Waals surface area contributed by atoms with Crippen LogP contribution in [0.1, 0.15) is 12.5 Å². The number of rotatable bonds is 8. The third kappa shape index (κ3) is 5.61. The quantitative estimate of drug-likeness (QED) is 0.721. The van der Waals surface area contributed by atoms with E-state index in [1.807, 2.05) is 24.3 Å². The predicted molar refractivity (Wildman–Crippen MR) is 98.0 cm³/mol. The Hall–Kier alpha value is -2.86. The van der Waals surface area contributed by atoms with E-state index in [1.54, 1.807) is 18.2 Å². The highest BCUT2D eigenvalue weighted by atomic mass is 16.5. The van der Waals surface area contributed by atoms with Gasteiger partial charge in [-0.15, -0.1) is 6.58 Å². The first-order chi connectivity index (χ1) is 12.2. The van der Waals surface area contributed by atoms with E-state index >= 15 is 0 Å².